The molecule has 0 amide bonds. The van der Waals surface area contributed by atoms with E-state index in [9.17, 15) is 4.79 Å². The van der Waals surface area contributed by atoms with E-state index < -0.39 is 0 Å². The van der Waals surface area contributed by atoms with Crippen molar-refractivity contribution >= 4 is 5.97 Å². The molecule has 1 saturated carbocycles. The number of ether oxygens (including phenoxy) is 3. The highest BCUT2D eigenvalue weighted by molar-refractivity contribution is 5.75. The molecular formula is C23H33NO4. The molecule has 0 N–H and O–H groups in total. The maximum absolute atomic E-state index is 12.4. The Balaban J connectivity index is 1.23. The lowest BCUT2D eigenvalue weighted by Crippen LogP contribution is -2.46. The van der Waals surface area contributed by atoms with Crippen molar-refractivity contribution in [1.29, 1.82) is 0 Å². The Morgan fingerprint density at radius 1 is 1.07 bits per heavy atom. The number of carbonyl (C=O) groups excluding carboxylic acids is 1. The molecular weight excluding hydrogens is 354 g/mol. The third-order valence-corrected chi connectivity index (χ3v) is 6.57. The highest BCUT2D eigenvalue weighted by Crippen LogP contribution is 2.29. The molecule has 2 heterocycles. The fourth-order valence-electron chi connectivity index (χ4n) is 4.47. The summed E-state index contributed by atoms with van der Waals surface area (Å²) in [5.41, 5.74) is 0. The van der Waals surface area contributed by atoms with Crippen molar-refractivity contribution < 1.29 is 19.0 Å². The molecule has 1 aromatic rings. The number of benzene rings is 1. The predicted molar refractivity (Wildman–Crippen MR) is 108 cm³/mol. The minimum absolute atomic E-state index is 0.0597. The lowest BCUT2D eigenvalue weighted by molar-refractivity contribution is -0.144. The van der Waals surface area contributed by atoms with E-state index in [4.69, 9.17) is 14.2 Å². The van der Waals surface area contributed by atoms with Gasteiger partial charge >= 0.3 is 5.97 Å². The Labute approximate surface area is 168 Å². The Morgan fingerprint density at radius 3 is 2.43 bits per heavy atom. The third-order valence-electron chi connectivity index (χ3n) is 6.57. The van der Waals surface area contributed by atoms with Crippen LogP contribution < -0.4 is 9.47 Å². The molecule has 5 nitrogen and oxygen atoms in total. The van der Waals surface area contributed by atoms with Crippen LogP contribution in [0, 0.1) is 5.92 Å². The van der Waals surface area contributed by atoms with Crippen LogP contribution in [0.4, 0.5) is 0 Å². The molecule has 0 spiro atoms. The maximum atomic E-state index is 12.4. The van der Waals surface area contributed by atoms with Gasteiger partial charge in [0.05, 0.1) is 12.0 Å². The van der Waals surface area contributed by atoms with Crippen molar-refractivity contribution in [2.24, 2.45) is 5.92 Å². The lowest BCUT2D eigenvalue weighted by Gasteiger charge is -2.41. The Hall–Kier alpha value is -1.59. The molecule has 2 atom stereocenters. The average molecular weight is 388 g/mol. The van der Waals surface area contributed by atoms with Gasteiger partial charge in [0.25, 0.3) is 0 Å². The molecule has 1 aromatic carbocycles. The van der Waals surface area contributed by atoms with E-state index in [1.54, 1.807) is 0 Å². The van der Waals surface area contributed by atoms with Crippen molar-refractivity contribution in [3.05, 3.63) is 24.3 Å². The summed E-state index contributed by atoms with van der Waals surface area (Å²) in [7, 11) is 0. The summed E-state index contributed by atoms with van der Waals surface area (Å²) in [6.45, 7) is 5.03. The summed E-state index contributed by atoms with van der Waals surface area (Å²) in [5, 5.41) is 0. The van der Waals surface area contributed by atoms with E-state index in [0.29, 0.717) is 12.4 Å². The van der Waals surface area contributed by atoms with Crippen molar-refractivity contribution in [3.63, 3.8) is 0 Å². The van der Waals surface area contributed by atoms with Crippen LogP contribution >= 0.6 is 0 Å². The van der Waals surface area contributed by atoms with Gasteiger partial charge in [0, 0.05) is 25.7 Å². The second-order valence-electron chi connectivity index (χ2n) is 8.45. The third kappa shape index (κ3) is 4.87. The van der Waals surface area contributed by atoms with Crippen LogP contribution in [0.5, 0.6) is 11.5 Å². The van der Waals surface area contributed by atoms with E-state index in [1.165, 1.54) is 19.3 Å². The Kier molecular flexibility index (Phi) is 6.53. The number of carbonyl (C=O) groups is 1. The number of hydrogen-bond donors (Lipinski definition) is 0. The zero-order valence-electron chi connectivity index (χ0n) is 17.0. The average Bonchev–Trinajstić information content (AvgIpc) is 2.69. The van der Waals surface area contributed by atoms with Gasteiger partial charge in [0.15, 0.2) is 0 Å². The predicted octanol–water partition coefficient (Wildman–Crippen LogP) is 4.19. The minimum Gasteiger partial charge on any atom is -0.490 e. The normalized spacial score (nSPS) is 27.2. The molecule has 3 fully saturated rings. The smallest absolute Gasteiger partial charge is 0.314 e. The van der Waals surface area contributed by atoms with E-state index in [-0.39, 0.29) is 24.1 Å². The van der Waals surface area contributed by atoms with Crippen molar-refractivity contribution in [2.75, 3.05) is 19.7 Å². The van der Waals surface area contributed by atoms with Gasteiger partial charge in [-0.2, -0.15) is 0 Å². The highest BCUT2D eigenvalue weighted by Gasteiger charge is 2.30. The van der Waals surface area contributed by atoms with E-state index in [0.717, 1.165) is 57.0 Å². The van der Waals surface area contributed by atoms with Gasteiger partial charge in [0.1, 0.15) is 17.6 Å². The van der Waals surface area contributed by atoms with Gasteiger partial charge in [-0.3, -0.25) is 4.79 Å². The second-order valence-corrected chi connectivity index (χ2v) is 8.45. The van der Waals surface area contributed by atoms with Crippen LogP contribution in [0.3, 0.4) is 0 Å². The molecule has 1 aliphatic carbocycles. The van der Waals surface area contributed by atoms with Crippen molar-refractivity contribution in [2.45, 2.75) is 76.5 Å². The summed E-state index contributed by atoms with van der Waals surface area (Å²) in [6, 6.07) is 8.35. The molecule has 2 saturated heterocycles. The maximum Gasteiger partial charge on any atom is 0.314 e. The molecule has 154 valence electrons. The summed E-state index contributed by atoms with van der Waals surface area (Å²) in [5.74, 6) is 1.25. The molecule has 0 radical (unpaired) electrons. The number of likely N-dealkylation sites (tertiary alicyclic amines) is 1. The first-order valence-electron chi connectivity index (χ1n) is 11.1. The molecule has 0 aromatic heterocycles. The summed E-state index contributed by atoms with van der Waals surface area (Å²) in [4.78, 5) is 15.1. The minimum atomic E-state index is -0.140. The van der Waals surface area contributed by atoms with Crippen LogP contribution in [0.2, 0.25) is 0 Å². The fraction of sp³-hybridized carbons (Fsp3) is 0.696. The van der Waals surface area contributed by atoms with Crippen molar-refractivity contribution in [3.8, 4) is 11.5 Å². The Bertz CT molecular complexity index is 635. The first-order valence-corrected chi connectivity index (χ1v) is 11.1. The van der Waals surface area contributed by atoms with E-state index in [1.807, 2.05) is 24.3 Å². The number of nitrogens with zero attached hydrogens (tertiary/aromatic N) is 1. The first kappa shape index (κ1) is 19.7. The monoisotopic (exact) mass is 387 g/mol. The van der Waals surface area contributed by atoms with Crippen molar-refractivity contribution in [1.82, 2.24) is 4.90 Å². The van der Waals surface area contributed by atoms with Gasteiger partial charge in [0.2, 0.25) is 0 Å². The first-order chi connectivity index (χ1) is 13.7. The SMILES string of the molecule is CCC1CC(C(=O)Oc2ccc(OC3CCN(C4CCC4)CC3)cc2)CCO1. The molecule has 2 aliphatic heterocycles. The summed E-state index contributed by atoms with van der Waals surface area (Å²) < 4.78 is 17.4. The zero-order valence-corrected chi connectivity index (χ0v) is 17.0. The number of piperidine rings is 1. The number of hydrogen-bond acceptors (Lipinski definition) is 5. The zero-order chi connectivity index (χ0) is 19.3. The molecule has 5 heteroatoms. The van der Waals surface area contributed by atoms with Crippen LogP contribution in [-0.4, -0.2) is 48.8 Å². The number of esters is 1. The van der Waals surface area contributed by atoms with E-state index >= 15 is 0 Å². The van der Waals surface area contributed by atoms with Gasteiger partial charge in [-0.15, -0.1) is 0 Å². The molecule has 0 bridgehead atoms. The van der Waals surface area contributed by atoms with Gasteiger partial charge in [-0.1, -0.05) is 13.3 Å². The van der Waals surface area contributed by atoms with Crippen LogP contribution in [0.25, 0.3) is 0 Å². The molecule has 4 rings (SSSR count). The van der Waals surface area contributed by atoms with Crippen LogP contribution in [0.1, 0.15) is 58.3 Å². The fourth-order valence-corrected chi connectivity index (χ4v) is 4.47. The standard InChI is InChI=1S/C23H33NO4/c1-2-19-16-17(12-15-26-19)23(25)28-21-8-6-20(7-9-21)27-22-10-13-24(14-11-22)18-4-3-5-18/h6-9,17-19,22H,2-5,10-16H2,1H3. The quantitative estimate of drug-likeness (QED) is 0.541. The highest BCUT2D eigenvalue weighted by atomic mass is 16.5. The molecule has 2 unspecified atom stereocenters. The molecule has 28 heavy (non-hydrogen) atoms. The summed E-state index contributed by atoms with van der Waals surface area (Å²) >= 11 is 0. The Morgan fingerprint density at radius 2 is 1.79 bits per heavy atom. The lowest BCUT2D eigenvalue weighted by atomic mass is 9.90. The van der Waals surface area contributed by atoms with Gasteiger partial charge in [-0.05, 0) is 69.2 Å². The topological polar surface area (TPSA) is 48.0 Å². The van der Waals surface area contributed by atoms with Gasteiger partial charge in [-0.25, -0.2) is 0 Å². The van der Waals surface area contributed by atoms with Crippen LogP contribution in [-0.2, 0) is 9.53 Å². The van der Waals surface area contributed by atoms with Crippen LogP contribution in [0.15, 0.2) is 24.3 Å². The van der Waals surface area contributed by atoms with Gasteiger partial charge < -0.3 is 19.1 Å². The largest absolute Gasteiger partial charge is 0.490 e. The molecule has 3 aliphatic rings. The second kappa shape index (κ2) is 9.27. The summed E-state index contributed by atoms with van der Waals surface area (Å²) in [6.07, 6.45) is 9.24. The van der Waals surface area contributed by atoms with E-state index in [2.05, 4.69) is 11.8 Å². The number of rotatable bonds is 6.